The van der Waals surface area contributed by atoms with Crippen molar-refractivity contribution in [2.45, 2.75) is 25.7 Å². The van der Waals surface area contributed by atoms with Gasteiger partial charge in [-0.05, 0) is 72.0 Å². The van der Waals surface area contributed by atoms with Crippen LogP contribution in [0.4, 0.5) is 0 Å². The molecule has 0 aromatic carbocycles. The third-order valence-corrected chi connectivity index (χ3v) is 7.39. The van der Waals surface area contributed by atoms with Crippen LogP contribution < -0.4 is 0 Å². The summed E-state index contributed by atoms with van der Waals surface area (Å²) in [5, 5.41) is 0. The Morgan fingerprint density at radius 1 is 1.00 bits per heavy atom. The number of hydrogen-bond donors (Lipinski definition) is 0. The van der Waals surface area contributed by atoms with Gasteiger partial charge in [-0.25, -0.2) is 0 Å². The normalized spacial score (nSPS) is 94.0. The molecule has 62 valence electrons. The molecule has 0 aliphatic heterocycles. The summed E-state index contributed by atoms with van der Waals surface area (Å²) in [7, 11) is 0. The van der Waals surface area contributed by atoms with E-state index < -0.39 is 0 Å². The van der Waals surface area contributed by atoms with Crippen LogP contribution in [0.1, 0.15) is 25.7 Å². The summed E-state index contributed by atoms with van der Waals surface area (Å²) < 4.78 is 0. The number of rotatable bonds is 0. The van der Waals surface area contributed by atoms with Crippen LogP contribution in [0, 0.1) is 46.3 Å². The van der Waals surface area contributed by atoms with Gasteiger partial charge in [-0.15, -0.1) is 0 Å². The summed E-state index contributed by atoms with van der Waals surface area (Å²) in [6.45, 7) is 0. The first-order valence-corrected chi connectivity index (χ1v) is 5.90. The van der Waals surface area contributed by atoms with Gasteiger partial charge in [-0.3, -0.25) is 0 Å². The molecule has 8 atom stereocenters. The molecule has 6 fully saturated rings. The first-order chi connectivity index (χ1) is 5.90. The number of fused-ring (bicyclic) bond motifs is 4. The average Bonchev–Trinajstić information content (AvgIpc) is 2.33. The fourth-order valence-electron chi connectivity index (χ4n) is 7.40. The van der Waals surface area contributed by atoms with Crippen molar-refractivity contribution in [1.82, 2.24) is 0 Å². The second-order valence-corrected chi connectivity index (χ2v) is 6.77. The Balaban J connectivity index is 1.67. The van der Waals surface area contributed by atoms with Crippen molar-refractivity contribution in [3.63, 3.8) is 0 Å². The van der Waals surface area contributed by atoms with E-state index in [2.05, 4.69) is 0 Å². The van der Waals surface area contributed by atoms with Crippen LogP contribution in [-0.2, 0) is 0 Å². The average molecular weight is 158 g/mol. The molecular formula is C12H14. The molecule has 0 heterocycles. The van der Waals surface area contributed by atoms with Crippen LogP contribution in [-0.4, -0.2) is 0 Å². The highest BCUT2D eigenvalue weighted by Crippen LogP contribution is 3.07. The molecule has 0 radical (unpaired) electrons. The molecule has 0 heteroatoms. The summed E-state index contributed by atoms with van der Waals surface area (Å²) in [6, 6.07) is 0. The molecule has 6 aliphatic rings. The van der Waals surface area contributed by atoms with E-state index in [9.17, 15) is 0 Å². The highest BCUT2D eigenvalue weighted by atomic mass is 15.1. The molecule has 8 unspecified atom stereocenters. The van der Waals surface area contributed by atoms with Crippen molar-refractivity contribution in [2.75, 3.05) is 0 Å². The third kappa shape index (κ3) is 0.198. The Kier molecular flexibility index (Phi) is 0.398. The monoisotopic (exact) mass is 158 g/mol. The van der Waals surface area contributed by atoms with Gasteiger partial charge in [0.15, 0.2) is 0 Å². The van der Waals surface area contributed by atoms with Crippen molar-refractivity contribution < 1.29 is 0 Å². The van der Waals surface area contributed by atoms with E-state index >= 15 is 0 Å². The summed E-state index contributed by atoms with van der Waals surface area (Å²) >= 11 is 0. The molecule has 0 spiro atoms. The molecular weight excluding hydrogens is 144 g/mol. The van der Waals surface area contributed by atoms with E-state index in [4.69, 9.17) is 0 Å². The van der Waals surface area contributed by atoms with Crippen LogP contribution in [0.15, 0.2) is 0 Å². The lowest BCUT2D eigenvalue weighted by Crippen LogP contribution is -2.57. The van der Waals surface area contributed by atoms with Crippen molar-refractivity contribution in [1.29, 1.82) is 0 Å². The fraction of sp³-hybridized carbons (Fsp3) is 1.00. The summed E-state index contributed by atoms with van der Waals surface area (Å²) in [5.74, 6) is 7.76. The highest BCUT2D eigenvalue weighted by molar-refractivity contribution is 5.49. The lowest BCUT2D eigenvalue weighted by Gasteiger charge is -2.63. The Morgan fingerprint density at radius 2 is 1.83 bits per heavy atom. The lowest BCUT2D eigenvalue weighted by atomic mass is 9.42. The van der Waals surface area contributed by atoms with Crippen molar-refractivity contribution in [3.05, 3.63) is 0 Å². The Morgan fingerprint density at radius 3 is 2.50 bits per heavy atom. The topological polar surface area (TPSA) is 0 Å². The van der Waals surface area contributed by atoms with Gasteiger partial charge in [0.2, 0.25) is 0 Å². The first-order valence-electron chi connectivity index (χ1n) is 5.90. The molecule has 0 aromatic rings. The molecule has 6 saturated carbocycles. The minimum Gasteiger partial charge on any atom is -0.0496 e. The molecule has 0 aromatic heterocycles. The first kappa shape index (κ1) is 5.02. The van der Waals surface area contributed by atoms with E-state index in [1.54, 1.807) is 25.7 Å². The number of hydrogen-bond acceptors (Lipinski definition) is 0. The van der Waals surface area contributed by atoms with Crippen LogP contribution in [0.25, 0.3) is 0 Å². The second-order valence-electron chi connectivity index (χ2n) is 6.77. The van der Waals surface area contributed by atoms with Crippen LogP contribution in [0.2, 0.25) is 0 Å². The molecule has 0 N–H and O–H groups in total. The zero-order valence-corrected chi connectivity index (χ0v) is 7.29. The van der Waals surface area contributed by atoms with Gasteiger partial charge in [0.25, 0.3) is 0 Å². The fourth-order valence-corrected chi connectivity index (χ4v) is 7.40. The second kappa shape index (κ2) is 0.952. The van der Waals surface area contributed by atoms with Gasteiger partial charge in [-0.2, -0.15) is 0 Å². The molecule has 0 amide bonds. The standard InChI is InChI=1S/C12H14/c1-2-6-5(1)8-9(6)12-4-11(8)3-7(12)10(11)12/h5-10H,1-4H2. The predicted octanol–water partition coefficient (Wildman–Crippen LogP) is 2.30. The molecule has 12 heavy (non-hydrogen) atoms. The van der Waals surface area contributed by atoms with E-state index in [0.29, 0.717) is 0 Å². The Bertz CT molecular complexity index is 324. The van der Waals surface area contributed by atoms with Gasteiger partial charge in [-0.1, -0.05) is 0 Å². The van der Waals surface area contributed by atoms with Crippen LogP contribution >= 0.6 is 0 Å². The van der Waals surface area contributed by atoms with E-state index in [0.717, 1.165) is 10.8 Å². The van der Waals surface area contributed by atoms with Gasteiger partial charge in [0.05, 0.1) is 0 Å². The van der Waals surface area contributed by atoms with Gasteiger partial charge >= 0.3 is 0 Å². The van der Waals surface area contributed by atoms with E-state index in [1.165, 1.54) is 35.5 Å². The smallest absolute Gasteiger partial charge is 0.0190 e. The minimum absolute atomic E-state index is 1.02. The predicted molar refractivity (Wildman–Crippen MR) is 44.3 cm³/mol. The van der Waals surface area contributed by atoms with E-state index in [-0.39, 0.29) is 0 Å². The molecule has 0 saturated heterocycles. The quantitative estimate of drug-likeness (QED) is 0.507. The molecule has 0 nitrogen and oxygen atoms in total. The van der Waals surface area contributed by atoms with Gasteiger partial charge in [0.1, 0.15) is 0 Å². The Labute approximate surface area is 72.7 Å². The summed E-state index contributed by atoms with van der Waals surface area (Å²) in [6.07, 6.45) is 6.67. The zero-order chi connectivity index (χ0) is 7.29. The highest BCUT2D eigenvalue weighted by Gasteiger charge is 3.02. The maximum Gasteiger partial charge on any atom is -0.0190 e. The summed E-state index contributed by atoms with van der Waals surface area (Å²) in [4.78, 5) is 0. The third-order valence-electron chi connectivity index (χ3n) is 7.39. The molecule has 6 rings (SSSR count). The van der Waals surface area contributed by atoms with Crippen molar-refractivity contribution in [2.24, 2.45) is 46.3 Å². The largest absolute Gasteiger partial charge is 0.0496 e. The SMILES string of the molecule is C1CC2C1C1C2C23CC14CC2C43. The summed E-state index contributed by atoms with van der Waals surface area (Å²) in [5.41, 5.74) is 2.07. The molecule has 2 bridgehead atoms. The zero-order valence-electron chi connectivity index (χ0n) is 7.29. The Hall–Kier alpha value is 0. The molecule has 6 aliphatic carbocycles. The van der Waals surface area contributed by atoms with Gasteiger partial charge in [0, 0.05) is 0 Å². The van der Waals surface area contributed by atoms with Crippen molar-refractivity contribution >= 4 is 0 Å². The maximum absolute atomic E-state index is 1.72. The van der Waals surface area contributed by atoms with Crippen molar-refractivity contribution in [3.8, 4) is 0 Å². The minimum atomic E-state index is 1.02. The van der Waals surface area contributed by atoms with Crippen LogP contribution in [0.5, 0.6) is 0 Å². The maximum atomic E-state index is 1.72. The van der Waals surface area contributed by atoms with E-state index in [1.807, 2.05) is 0 Å². The lowest BCUT2D eigenvalue weighted by molar-refractivity contribution is -0.150. The van der Waals surface area contributed by atoms with Gasteiger partial charge < -0.3 is 0 Å². The van der Waals surface area contributed by atoms with Crippen LogP contribution in [0.3, 0.4) is 0 Å².